The van der Waals surface area contributed by atoms with E-state index in [9.17, 15) is 13.2 Å². The van der Waals surface area contributed by atoms with Crippen molar-refractivity contribution in [1.29, 1.82) is 0 Å². The van der Waals surface area contributed by atoms with Crippen LogP contribution in [0.15, 0.2) is 0 Å². The van der Waals surface area contributed by atoms with Gasteiger partial charge in [0.25, 0.3) is 0 Å². The van der Waals surface area contributed by atoms with Crippen molar-refractivity contribution in [2.75, 3.05) is 12.0 Å². The predicted molar refractivity (Wildman–Crippen MR) is 49.9 cm³/mol. The second-order valence-corrected chi connectivity index (χ2v) is 4.63. The summed E-state index contributed by atoms with van der Waals surface area (Å²) in [6.07, 6.45) is 0.250. The van der Waals surface area contributed by atoms with Gasteiger partial charge in [-0.1, -0.05) is 0 Å². The summed E-state index contributed by atoms with van der Waals surface area (Å²) in [6, 6.07) is 0. The minimum absolute atomic E-state index is 0.342. The second-order valence-electron chi connectivity index (χ2n) is 3.71. The van der Waals surface area contributed by atoms with Gasteiger partial charge in [-0.2, -0.15) is 24.9 Å². The van der Waals surface area contributed by atoms with Crippen molar-refractivity contribution in [2.24, 2.45) is 11.8 Å². The maximum Gasteiger partial charge on any atom is 0.391 e. The van der Waals surface area contributed by atoms with E-state index in [2.05, 4.69) is 0 Å². The van der Waals surface area contributed by atoms with Gasteiger partial charge in [-0.3, -0.25) is 0 Å². The average molecular weight is 212 g/mol. The van der Waals surface area contributed by atoms with Crippen LogP contribution < -0.4 is 0 Å². The second kappa shape index (κ2) is 4.58. The molecule has 0 spiro atoms. The van der Waals surface area contributed by atoms with E-state index in [-0.39, 0.29) is 0 Å². The minimum atomic E-state index is -3.95. The summed E-state index contributed by atoms with van der Waals surface area (Å²) in [4.78, 5) is 0. The normalized spacial score (nSPS) is 30.5. The minimum Gasteiger partial charge on any atom is -0.171 e. The van der Waals surface area contributed by atoms with Gasteiger partial charge in [-0.05, 0) is 43.6 Å². The Labute approximate surface area is 81.3 Å². The fourth-order valence-corrected chi connectivity index (χ4v) is 2.70. The molecule has 0 heterocycles. The monoisotopic (exact) mass is 212 g/mol. The molecule has 0 bridgehead atoms. The molecule has 0 nitrogen and oxygen atoms in total. The van der Waals surface area contributed by atoms with Crippen LogP contribution in [-0.2, 0) is 0 Å². The number of rotatable bonds is 2. The van der Waals surface area contributed by atoms with Crippen LogP contribution >= 0.6 is 11.8 Å². The first-order valence-electron chi connectivity index (χ1n) is 4.59. The molecule has 13 heavy (non-hydrogen) atoms. The molecule has 1 saturated carbocycles. The van der Waals surface area contributed by atoms with E-state index < -0.39 is 12.1 Å². The third kappa shape index (κ3) is 3.41. The number of alkyl halides is 3. The SMILES string of the molecule is CSCC1CCC(C(F)(F)F)CC1. The smallest absolute Gasteiger partial charge is 0.171 e. The first-order chi connectivity index (χ1) is 6.04. The summed E-state index contributed by atoms with van der Waals surface area (Å²) in [6.45, 7) is 0. The summed E-state index contributed by atoms with van der Waals surface area (Å²) in [7, 11) is 0. The van der Waals surface area contributed by atoms with E-state index in [1.165, 1.54) is 0 Å². The molecule has 0 unspecified atom stereocenters. The quantitative estimate of drug-likeness (QED) is 0.672. The van der Waals surface area contributed by atoms with Crippen LogP contribution in [0.4, 0.5) is 13.2 Å². The molecule has 1 rings (SSSR count). The van der Waals surface area contributed by atoms with Crippen LogP contribution in [0.5, 0.6) is 0 Å². The number of thioether (sulfide) groups is 1. The van der Waals surface area contributed by atoms with Gasteiger partial charge in [0.15, 0.2) is 0 Å². The van der Waals surface area contributed by atoms with Crippen LogP contribution in [0, 0.1) is 11.8 Å². The maximum atomic E-state index is 12.2. The predicted octanol–water partition coefficient (Wildman–Crippen LogP) is 3.72. The first-order valence-corrected chi connectivity index (χ1v) is 5.99. The summed E-state index contributed by atoms with van der Waals surface area (Å²) < 4.78 is 36.7. The zero-order chi connectivity index (χ0) is 9.90. The van der Waals surface area contributed by atoms with Crippen LogP contribution in [0.1, 0.15) is 25.7 Å². The van der Waals surface area contributed by atoms with E-state index in [0.717, 1.165) is 18.6 Å². The Kier molecular flexibility index (Phi) is 3.95. The fraction of sp³-hybridized carbons (Fsp3) is 1.00. The lowest BCUT2D eigenvalue weighted by Gasteiger charge is -2.29. The lowest BCUT2D eigenvalue weighted by Crippen LogP contribution is -2.28. The number of hydrogen-bond donors (Lipinski definition) is 0. The maximum absolute atomic E-state index is 12.2. The van der Waals surface area contributed by atoms with Gasteiger partial charge >= 0.3 is 6.18 Å². The van der Waals surface area contributed by atoms with Gasteiger partial charge in [0.2, 0.25) is 0 Å². The number of halogens is 3. The van der Waals surface area contributed by atoms with Crippen LogP contribution in [0.3, 0.4) is 0 Å². The highest BCUT2D eigenvalue weighted by molar-refractivity contribution is 7.98. The van der Waals surface area contributed by atoms with E-state index >= 15 is 0 Å². The summed E-state index contributed by atoms with van der Waals surface area (Å²) in [5.41, 5.74) is 0. The standard InChI is InChI=1S/C9H15F3S/c1-13-6-7-2-4-8(5-3-7)9(10,11)12/h7-8H,2-6H2,1H3. The van der Waals surface area contributed by atoms with Gasteiger partial charge in [0.05, 0.1) is 5.92 Å². The van der Waals surface area contributed by atoms with Crippen LogP contribution in [0.25, 0.3) is 0 Å². The zero-order valence-corrected chi connectivity index (χ0v) is 8.55. The van der Waals surface area contributed by atoms with Crippen molar-refractivity contribution in [3.8, 4) is 0 Å². The van der Waals surface area contributed by atoms with Gasteiger partial charge in [-0.25, -0.2) is 0 Å². The molecule has 0 amide bonds. The molecule has 0 aliphatic heterocycles. The Bertz CT molecular complexity index is 147. The van der Waals surface area contributed by atoms with Crippen molar-refractivity contribution in [3.05, 3.63) is 0 Å². The molecule has 0 aromatic rings. The molecule has 0 aromatic heterocycles. The Hall–Kier alpha value is 0.140. The van der Waals surface area contributed by atoms with Gasteiger partial charge in [0.1, 0.15) is 0 Å². The Morgan fingerprint density at radius 2 is 1.69 bits per heavy atom. The van der Waals surface area contributed by atoms with Gasteiger partial charge in [-0.15, -0.1) is 0 Å². The van der Waals surface area contributed by atoms with Crippen molar-refractivity contribution in [1.82, 2.24) is 0 Å². The van der Waals surface area contributed by atoms with E-state index in [0.29, 0.717) is 18.8 Å². The Morgan fingerprint density at radius 1 is 1.15 bits per heavy atom. The zero-order valence-electron chi connectivity index (χ0n) is 7.73. The van der Waals surface area contributed by atoms with E-state index in [4.69, 9.17) is 0 Å². The Morgan fingerprint density at radius 3 is 2.08 bits per heavy atom. The van der Waals surface area contributed by atoms with Gasteiger partial charge < -0.3 is 0 Å². The molecular weight excluding hydrogens is 197 g/mol. The van der Waals surface area contributed by atoms with Crippen molar-refractivity contribution >= 4 is 11.8 Å². The van der Waals surface area contributed by atoms with Crippen molar-refractivity contribution in [2.45, 2.75) is 31.9 Å². The first kappa shape index (κ1) is 11.2. The summed E-state index contributed by atoms with van der Waals surface area (Å²) >= 11 is 1.74. The van der Waals surface area contributed by atoms with Crippen LogP contribution in [-0.4, -0.2) is 18.2 Å². The molecule has 0 N–H and O–H groups in total. The molecule has 1 fully saturated rings. The van der Waals surface area contributed by atoms with E-state index in [1.54, 1.807) is 11.8 Å². The molecule has 1 aliphatic rings. The molecule has 1 aliphatic carbocycles. The lowest BCUT2D eigenvalue weighted by molar-refractivity contribution is -0.183. The highest BCUT2D eigenvalue weighted by Gasteiger charge is 2.41. The average Bonchev–Trinajstić information content (AvgIpc) is 2.04. The van der Waals surface area contributed by atoms with Crippen molar-refractivity contribution < 1.29 is 13.2 Å². The molecular formula is C9H15F3S. The largest absolute Gasteiger partial charge is 0.391 e. The topological polar surface area (TPSA) is 0 Å². The molecule has 0 saturated heterocycles. The molecule has 78 valence electrons. The lowest BCUT2D eigenvalue weighted by atomic mass is 9.82. The molecule has 0 aromatic carbocycles. The Balaban J connectivity index is 2.30. The highest BCUT2D eigenvalue weighted by Crippen LogP contribution is 2.39. The van der Waals surface area contributed by atoms with Gasteiger partial charge in [0, 0.05) is 0 Å². The molecule has 0 radical (unpaired) electrons. The van der Waals surface area contributed by atoms with Crippen molar-refractivity contribution in [3.63, 3.8) is 0 Å². The van der Waals surface area contributed by atoms with E-state index in [1.807, 2.05) is 6.26 Å². The summed E-state index contributed by atoms with van der Waals surface area (Å²) in [5.74, 6) is 0.518. The molecule has 4 heteroatoms. The molecule has 0 atom stereocenters. The highest BCUT2D eigenvalue weighted by atomic mass is 32.2. The number of hydrogen-bond acceptors (Lipinski definition) is 1. The fourth-order valence-electron chi connectivity index (χ4n) is 1.89. The summed E-state index contributed by atoms with van der Waals surface area (Å²) in [5, 5.41) is 0. The third-order valence-electron chi connectivity index (χ3n) is 2.71. The third-order valence-corrected chi connectivity index (χ3v) is 3.52. The van der Waals surface area contributed by atoms with Crippen LogP contribution in [0.2, 0.25) is 0 Å².